The highest BCUT2D eigenvalue weighted by molar-refractivity contribution is 7.26. The van der Waals surface area contributed by atoms with E-state index >= 15 is 0 Å². The molecule has 0 aliphatic carbocycles. The van der Waals surface area contributed by atoms with Crippen molar-refractivity contribution in [2.75, 3.05) is 0 Å². The highest BCUT2D eigenvalue weighted by atomic mass is 32.1. The average molecular weight is 1170 g/mol. The van der Waals surface area contributed by atoms with E-state index < -0.39 is 0 Å². The van der Waals surface area contributed by atoms with Gasteiger partial charge in [-0.05, 0) is 115 Å². The number of thiophene rings is 1. The molecule has 20 rings (SSSR count). The largest absolute Gasteiger partial charge is 0.455 e. The maximum Gasteiger partial charge on any atom is 0.144 e. The number of nitrogens with zero attached hydrogens (tertiary/aromatic N) is 6. The van der Waals surface area contributed by atoms with Crippen LogP contribution in [0.5, 0.6) is 0 Å². The highest BCUT2D eigenvalue weighted by Gasteiger charge is 2.21. The van der Waals surface area contributed by atoms with Gasteiger partial charge < -0.3 is 22.7 Å². The van der Waals surface area contributed by atoms with Crippen LogP contribution in [-0.2, 0) is 0 Å². The van der Waals surface area contributed by atoms with Gasteiger partial charge in [0.15, 0.2) is 0 Å². The molecule has 0 unspecified atom stereocenters. The fourth-order valence-electron chi connectivity index (χ4n) is 14.4. The lowest BCUT2D eigenvalue weighted by Crippen LogP contribution is -1.97. The Labute approximate surface area is 519 Å². The molecule has 0 fully saturated rings. The van der Waals surface area contributed by atoms with Crippen LogP contribution in [0.15, 0.2) is 308 Å². The number of rotatable bonds is 6. The number of benzene rings is 12. The van der Waals surface area contributed by atoms with Gasteiger partial charge in [-0.3, -0.25) is 9.97 Å². The minimum absolute atomic E-state index is 0.869. The number of furan rings is 1. The molecule has 7 nitrogen and oxygen atoms in total. The van der Waals surface area contributed by atoms with Crippen molar-refractivity contribution in [3.8, 4) is 45.3 Å². The van der Waals surface area contributed by atoms with Crippen molar-refractivity contribution in [1.82, 2.24) is 28.2 Å². The van der Waals surface area contributed by atoms with Crippen molar-refractivity contribution < 1.29 is 4.42 Å². The molecule has 420 valence electrons. The minimum Gasteiger partial charge on any atom is -0.455 e. The first-order chi connectivity index (χ1) is 44.7. The van der Waals surface area contributed by atoms with Crippen molar-refractivity contribution in [3.63, 3.8) is 0 Å². The standard InChI is InChI=1S/C41H25N3O.C41H25N3S/c2*1-5-16-36-28(10-1)29-11-2-6-17-37(29)43(36)26-21-23-39-34(24-26)30-12-3-7-18-38(30)44(39)27-20-22-35(42-25-27)33-15-9-14-32-31-13-4-8-19-40(31)45-41(32)33/h2*1-25H. The Bertz CT molecular complexity index is 5800. The van der Waals surface area contributed by atoms with E-state index in [4.69, 9.17) is 14.4 Å². The first-order valence-electron chi connectivity index (χ1n) is 30.4. The summed E-state index contributed by atoms with van der Waals surface area (Å²) in [6.07, 6.45) is 4.00. The van der Waals surface area contributed by atoms with E-state index in [0.29, 0.717) is 0 Å². The van der Waals surface area contributed by atoms with Gasteiger partial charge in [-0.15, -0.1) is 11.3 Å². The highest BCUT2D eigenvalue weighted by Crippen LogP contribution is 2.43. The molecule has 0 saturated carbocycles. The summed E-state index contributed by atoms with van der Waals surface area (Å²) in [6.45, 7) is 0. The SMILES string of the molecule is c1ccc2c(c1)oc1c(-c3ccc(-n4c5ccccc5c5cc(-n6c7ccccc7c7ccccc76)ccc54)cn3)cccc12.c1ccc2c(c1)sc1c(-c3ccc(-n4c5ccccc5c5cc(-n6c7ccccc7c7ccccc76)ccc54)cn3)cccc12. The van der Waals surface area contributed by atoms with Crippen LogP contribution in [0.2, 0.25) is 0 Å². The Hall–Kier alpha value is -11.8. The second-order valence-corrected chi connectivity index (χ2v) is 24.3. The summed E-state index contributed by atoms with van der Waals surface area (Å²) >= 11 is 1.84. The molecule has 0 spiro atoms. The molecular formula is C82H50N6OS. The topological polar surface area (TPSA) is 58.6 Å². The number of pyridine rings is 2. The van der Waals surface area contributed by atoms with Gasteiger partial charge in [-0.2, -0.15) is 0 Å². The number of aromatic nitrogens is 6. The molecule has 0 aliphatic heterocycles. The summed E-state index contributed by atoms with van der Waals surface area (Å²) in [4.78, 5) is 10.0. The molecule has 8 aromatic heterocycles. The normalized spacial score (nSPS) is 12.0. The molecule has 0 aliphatic rings. The molecule has 0 atom stereocenters. The van der Waals surface area contributed by atoms with Crippen molar-refractivity contribution in [2.24, 2.45) is 0 Å². The summed E-state index contributed by atoms with van der Waals surface area (Å²) in [5.74, 6) is 0. The van der Waals surface area contributed by atoms with Gasteiger partial charge in [0.05, 0.1) is 79.3 Å². The summed E-state index contributed by atoms with van der Waals surface area (Å²) in [5, 5.41) is 14.8. The van der Waals surface area contributed by atoms with E-state index in [1.54, 1.807) is 0 Å². The van der Waals surface area contributed by atoms with Crippen LogP contribution in [0.4, 0.5) is 0 Å². The monoisotopic (exact) mass is 1170 g/mol. The van der Waals surface area contributed by atoms with Gasteiger partial charge in [0, 0.05) is 96.5 Å². The summed E-state index contributed by atoms with van der Waals surface area (Å²) in [5.41, 5.74) is 19.7. The number of hydrogen-bond donors (Lipinski definition) is 0. The number of fused-ring (bicyclic) bond motifs is 18. The lowest BCUT2D eigenvalue weighted by molar-refractivity contribution is 0.670. The molecule has 0 saturated heterocycles. The van der Waals surface area contributed by atoms with Crippen molar-refractivity contribution in [3.05, 3.63) is 304 Å². The van der Waals surface area contributed by atoms with E-state index in [9.17, 15) is 0 Å². The van der Waals surface area contributed by atoms with Crippen LogP contribution in [0.25, 0.3) is 175 Å². The fourth-order valence-corrected chi connectivity index (χ4v) is 15.6. The maximum atomic E-state index is 6.30. The quantitative estimate of drug-likeness (QED) is 0.167. The van der Waals surface area contributed by atoms with Gasteiger partial charge >= 0.3 is 0 Å². The van der Waals surface area contributed by atoms with E-state index in [-0.39, 0.29) is 0 Å². The summed E-state index contributed by atoms with van der Waals surface area (Å²) < 4.78 is 18.3. The third-order valence-corrected chi connectivity index (χ3v) is 19.6. The molecule has 8 heterocycles. The third kappa shape index (κ3) is 7.59. The average Bonchev–Trinajstić information content (AvgIpc) is 1.77. The summed E-state index contributed by atoms with van der Waals surface area (Å²) in [7, 11) is 0. The minimum atomic E-state index is 0.869. The molecular weight excluding hydrogens is 1120 g/mol. The maximum absolute atomic E-state index is 6.30. The second-order valence-electron chi connectivity index (χ2n) is 23.2. The van der Waals surface area contributed by atoms with Crippen molar-refractivity contribution in [2.45, 2.75) is 0 Å². The Morgan fingerprint density at radius 3 is 1.09 bits per heavy atom. The summed E-state index contributed by atoms with van der Waals surface area (Å²) in [6, 6.07) is 104. The van der Waals surface area contributed by atoms with E-state index in [1.807, 2.05) is 35.9 Å². The Balaban J connectivity index is 0.000000130. The number of para-hydroxylation sites is 8. The zero-order chi connectivity index (χ0) is 59.0. The van der Waals surface area contributed by atoms with Crippen LogP contribution < -0.4 is 0 Å². The Morgan fingerprint density at radius 1 is 0.256 bits per heavy atom. The lowest BCUT2D eigenvalue weighted by Gasteiger charge is -2.11. The van der Waals surface area contributed by atoms with Gasteiger partial charge in [0.1, 0.15) is 11.2 Å². The van der Waals surface area contributed by atoms with E-state index in [0.717, 1.165) is 72.7 Å². The molecule has 90 heavy (non-hydrogen) atoms. The molecule has 20 aromatic rings. The van der Waals surface area contributed by atoms with Gasteiger partial charge in [0.25, 0.3) is 0 Å². The zero-order valence-electron chi connectivity index (χ0n) is 48.4. The van der Waals surface area contributed by atoms with E-state index in [2.05, 4.69) is 297 Å². The van der Waals surface area contributed by atoms with Crippen LogP contribution in [0, 0.1) is 0 Å². The van der Waals surface area contributed by atoms with Crippen LogP contribution in [-0.4, -0.2) is 28.2 Å². The fraction of sp³-hybridized carbons (Fsp3) is 0. The first kappa shape index (κ1) is 50.3. The van der Waals surface area contributed by atoms with Crippen LogP contribution >= 0.6 is 11.3 Å². The van der Waals surface area contributed by atoms with Gasteiger partial charge in [-0.1, -0.05) is 176 Å². The second kappa shape index (κ2) is 19.8. The smallest absolute Gasteiger partial charge is 0.144 e. The lowest BCUT2D eigenvalue weighted by atomic mass is 10.1. The van der Waals surface area contributed by atoms with Gasteiger partial charge in [0.2, 0.25) is 0 Å². The third-order valence-electron chi connectivity index (χ3n) is 18.4. The van der Waals surface area contributed by atoms with Crippen LogP contribution in [0.3, 0.4) is 0 Å². The Kier molecular flexibility index (Phi) is 11.1. The first-order valence-corrected chi connectivity index (χ1v) is 31.3. The van der Waals surface area contributed by atoms with Crippen LogP contribution in [0.1, 0.15) is 0 Å². The predicted molar refractivity (Wildman–Crippen MR) is 377 cm³/mol. The molecule has 0 N–H and O–H groups in total. The van der Waals surface area contributed by atoms with Crippen molar-refractivity contribution >= 4 is 141 Å². The molecule has 0 bridgehead atoms. The van der Waals surface area contributed by atoms with Crippen molar-refractivity contribution in [1.29, 1.82) is 0 Å². The number of hydrogen-bond acceptors (Lipinski definition) is 4. The molecule has 0 radical (unpaired) electrons. The Morgan fingerprint density at radius 2 is 0.611 bits per heavy atom. The molecule has 8 heteroatoms. The van der Waals surface area contributed by atoms with E-state index in [1.165, 1.54) is 102 Å². The van der Waals surface area contributed by atoms with Gasteiger partial charge in [-0.25, -0.2) is 0 Å². The predicted octanol–water partition coefficient (Wildman–Crippen LogP) is 22.2. The zero-order valence-corrected chi connectivity index (χ0v) is 49.2. The molecule has 12 aromatic carbocycles. The molecule has 0 amide bonds.